The monoisotopic (exact) mass is 248 g/mol. The highest BCUT2D eigenvalue weighted by Crippen LogP contribution is 2.25. The Morgan fingerprint density at radius 1 is 1.35 bits per heavy atom. The van der Waals surface area contributed by atoms with Crippen LogP contribution in [-0.4, -0.2) is 10.4 Å². The van der Waals surface area contributed by atoms with Gasteiger partial charge < -0.3 is 5.32 Å². The predicted octanol–water partition coefficient (Wildman–Crippen LogP) is 3.20. The minimum absolute atomic E-state index is 0.209. The van der Waals surface area contributed by atoms with Crippen LogP contribution in [0.1, 0.15) is 17.7 Å². The van der Waals surface area contributed by atoms with Crippen LogP contribution in [0.15, 0.2) is 30.3 Å². The minimum Gasteiger partial charge on any atom is -0.309 e. The van der Waals surface area contributed by atoms with Crippen LogP contribution in [0.4, 0.5) is 4.39 Å². The Bertz CT molecular complexity index is 520. The van der Waals surface area contributed by atoms with Gasteiger partial charge in [-0.15, -0.1) is 0 Å². The number of hydrogen-bond donors (Lipinski definition) is 1. The molecule has 0 bridgehead atoms. The van der Waals surface area contributed by atoms with E-state index in [0.717, 1.165) is 17.1 Å². The zero-order chi connectivity index (χ0) is 11.7. The van der Waals surface area contributed by atoms with Crippen LogP contribution in [0.25, 0.3) is 11.3 Å². The molecule has 1 heterocycles. The molecule has 1 N–H and O–H groups in total. The van der Waals surface area contributed by atoms with Crippen LogP contribution < -0.4 is 5.32 Å². The van der Waals surface area contributed by atoms with Crippen molar-refractivity contribution >= 4 is 11.5 Å². The molecule has 0 radical (unpaired) electrons. The van der Waals surface area contributed by atoms with E-state index >= 15 is 0 Å². The lowest BCUT2D eigenvalue weighted by Crippen LogP contribution is -2.14. The maximum atomic E-state index is 13.6. The average molecular weight is 248 g/mol. The topological polar surface area (TPSA) is 24.9 Å². The molecule has 1 aromatic carbocycles. The van der Waals surface area contributed by atoms with Crippen molar-refractivity contribution < 1.29 is 4.39 Å². The molecule has 2 aromatic rings. The normalized spacial score (nSPS) is 15.1. The number of rotatable bonds is 4. The molecular formula is C13H13FN2S. The van der Waals surface area contributed by atoms with Crippen LogP contribution in [0.2, 0.25) is 0 Å². The van der Waals surface area contributed by atoms with Crippen LogP contribution in [0.3, 0.4) is 0 Å². The molecule has 1 fully saturated rings. The first kappa shape index (κ1) is 10.9. The van der Waals surface area contributed by atoms with E-state index in [4.69, 9.17) is 0 Å². The van der Waals surface area contributed by atoms with E-state index in [2.05, 4.69) is 9.69 Å². The molecule has 1 saturated carbocycles. The van der Waals surface area contributed by atoms with Crippen molar-refractivity contribution in [2.75, 3.05) is 0 Å². The number of benzene rings is 1. The van der Waals surface area contributed by atoms with E-state index in [9.17, 15) is 4.39 Å². The summed E-state index contributed by atoms with van der Waals surface area (Å²) in [6.45, 7) is 0.844. The summed E-state index contributed by atoms with van der Waals surface area (Å²) in [7, 11) is 0. The fourth-order valence-electron chi connectivity index (χ4n) is 1.72. The van der Waals surface area contributed by atoms with Crippen molar-refractivity contribution in [2.45, 2.75) is 25.4 Å². The third-order valence-electron chi connectivity index (χ3n) is 2.85. The molecule has 1 aliphatic carbocycles. The zero-order valence-corrected chi connectivity index (χ0v) is 10.1. The van der Waals surface area contributed by atoms with Gasteiger partial charge in [-0.2, -0.15) is 4.37 Å². The Hall–Kier alpha value is -1.26. The van der Waals surface area contributed by atoms with E-state index < -0.39 is 0 Å². The second-order valence-corrected chi connectivity index (χ2v) is 5.20. The van der Waals surface area contributed by atoms with Gasteiger partial charge in [0.05, 0.1) is 5.69 Å². The lowest BCUT2D eigenvalue weighted by molar-refractivity contribution is 0.631. The lowest BCUT2D eigenvalue weighted by Gasteiger charge is -1.98. The molecule has 1 aliphatic rings. The Morgan fingerprint density at radius 2 is 2.18 bits per heavy atom. The van der Waals surface area contributed by atoms with E-state index in [1.165, 1.54) is 30.4 Å². The number of aromatic nitrogens is 1. The molecule has 17 heavy (non-hydrogen) atoms. The van der Waals surface area contributed by atoms with Gasteiger partial charge in [0.15, 0.2) is 0 Å². The first-order valence-electron chi connectivity index (χ1n) is 5.77. The predicted molar refractivity (Wildman–Crippen MR) is 67.4 cm³/mol. The molecule has 2 nitrogen and oxygen atoms in total. The minimum atomic E-state index is -0.209. The van der Waals surface area contributed by atoms with E-state index in [0.29, 0.717) is 11.6 Å². The molecular weight excluding hydrogens is 235 g/mol. The van der Waals surface area contributed by atoms with Crippen molar-refractivity contribution in [1.82, 2.24) is 9.69 Å². The van der Waals surface area contributed by atoms with Crippen LogP contribution in [0.5, 0.6) is 0 Å². The first-order chi connectivity index (χ1) is 8.33. The Labute approximate surface area is 104 Å². The van der Waals surface area contributed by atoms with Gasteiger partial charge in [-0.3, -0.25) is 0 Å². The van der Waals surface area contributed by atoms with E-state index in [1.807, 2.05) is 12.1 Å². The van der Waals surface area contributed by atoms with Gasteiger partial charge in [0.2, 0.25) is 0 Å². The fourth-order valence-corrected chi connectivity index (χ4v) is 2.40. The molecule has 0 amide bonds. The van der Waals surface area contributed by atoms with Gasteiger partial charge in [-0.1, -0.05) is 12.1 Å². The Morgan fingerprint density at radius 3 is 2.94 bits per heavy atom. The smallest absolute Gasteiger partial charge is 0.132 e. The van der Waals surface area contributed by atoms with Crippen molar-refractivity contribution in [3.63, 3.8) is 0 Å². The van der Waals surface area contributed by atoms with Crippen molar-refractivity contribution in [3.05, 3.63) is 41.0 Å². The standard InChI is InChI=1S/C13H13FN2S/c14-12-4-2-1-3-11(12)13-7-10(17-16-13)8-15-9-5-6-9/h1-4,7,9,15H,5-6,8H2. The second kappa shape index (κ2) is 4.55. The van der Waals surface area contributed by atoms with Crippen molar-refractivity contribution in [3.8, 4) is 11.3 Å². The molecule has 88 valence electrons. The van der Waals surface area contributed by atoms with Gasteiger partial charge in [0.25, 0.3) is 0 Å². The second-order valence-electron chi connectivity index (χ2n) is 4.31. The lowest BCUT2D eigenvalue weighted by atomic mass is 10.1. The molecule has 0 atom stereocenters. The van der Waals surface area contributed by atoms with Crippen LogP contribution in [-0.2, 0) is 6.54 Å². The molecule has 3 rings (SSSR count). The Balaban J connectivity index is 1.77. The van der Waals surface area contributed by atoms with E-state index in [-0.39, 0.29) is 5.82 Å². The van der Waals surface area contributed by atoms with Crippen molar-refractivity contribution in [1.29, 1.82) is 0 Å². The highest BCUT2D eigenvalue weighted by Gasteiger charge is 2.20. The number of halogens is 1. The maximum absolute atomic E-state index is 13.6. The average Bonchev–Trinajstić information content (AvgIpc) is 3.06. The summed E-state index contributed by atoms with van der Waals surface area (Å²) in [4.78, 5) is 1.16. The molecule has 0 spiro atoms. The van der Waals surface area contributed by atoms with Gasteiger partial charge >= 0.3 is 0 Å². The highest BCUT2D eigenvalue weighted by atomic mass is 32.1. The summed E-state index contributed by atoms with van der Waals surface area (Å²) < 4.78 is 17.9. The third kappa shape index (κ3) is 2.53. The van der Waals surface area contributed by atoms with Gasteiger partial charge in [-0.25, -0.2) is 4.39 Å². The summed E-state index contributed by atoms with van der Waals surface area (Å²) in [5.41, 5.74) is 1.32. The molecule has 4 heteroatoms. The van der Waals surface area contributed by atoms with Gasteiger partial charge in [0.1, 0.15) is 5.82 Å². The maximum Gasteiger partial charge on any atom is 0.132 e. The van der Waals surface area contributed by atoms with Crippen molar-refractivity contribution in [2.24, 2.45) is 0 Å². The van der Waals surface area contributed by atoms with Gasteiger partial charge in [-0.05, 0) is 42.6 Å². The fraction of sp³-hybridized carbons (Fsp3) is 0.308. The summed E-state index contributed by atoms with van der Waals surface area (Å²) in [5.74, 6) is -0.209. The highest BCUT2D eigenvalue weighted by molar-refractivity contribution is 7.06. The van der Waals surface area contributed by atoms with E-state index in [1.54, 1.807) is 12.1 Å². The zero-order valence-electron chi connectivity index (χ0n) is 9.32. The number of nitrogens with one attached hydrogen (secondary N) is 1. The molecule has 0 unspecified atom stereocenters. The van der Waals surface area contributed by atoms with Gasteiger partial charge in [0, 0.05) is 23.0 Å². The number of hydrogen-bond acceptors (Lipinski definition) is 3. The quantitative estimate of drug-likeness (QED) is 0.898. The SMILES string of the molecule is Fc1ccccc1-c1cc(CNC2CC2)sn1. The number of nitrogens with zero attached hydrogens (tertiary/aromatic N) is 1. The molecule has 0 aliphatic heterocycles. The summed E-state index contributed by atoms with van der Waals surface area (Å²) in [6, 6.07) is 9.42. The third-order valence-corrected chi connectivity index (χ3v) is 3.64. The summed E-state index contributed by atoms with van der Waals surface area (Å²) in [5, 5.41) is 3.43. The largest absolute Gasteiger partial charge is 0.309 e. The first-order valence-corrected chi connectivity index (χ1v) is 6.54. The van der Waals surface area contributed by atoms with Crippen LogP contribution in [0, 0.1) is 5.82 Å². The Kier molecular flexibility index (Phi) is 2.91. The molecule has 1 aromatic heterocycles. The molecule has 0 saturated heterocycles. The summed E-state index contributed by atoms with van der Waals surface area (Å²) in [6.07, 6.45) is 2.55. The summed E-state index contributed by atoms with van der Waals surface area (Å²) >= 11 is 1.44. The van der Waals surface area contributed by atoms with Crippen LogP contribution >= 0.6 is 11.5 Å².